The third-order valence-corrected chi connectivity index (χ3v) is 5.13. The van der Waals surface area contributed by atoms with Crippen LogP contribution in [0.4, 0.5) is 5.69 Å². The molecular weight excluding hydrogens is 330 g/mol. The number of benzene rings is 2. The number of fused-ring (bicyclic) bond motifs is 1. The monoisotopic (exact) mass is 347 g/mol. The Balaban J connectivity index is 1.70. The summed E-state index contributed by atoms with van der Waals surface area (Å²) in [7, 11) is 1.66. The first-order valence-corrected chi connectivity index (χ1v) is 8.89. The zero-order chi connectivity index (χ0) is 16.2. The second-order valence-corrected chi connectivity index (χ2v) is 6.87. The highest BCUT2D eigenvalue weighted by molar-refractivity contribution is 8.00. The van der Waals surface area contributed by atoms with Crippen LogP contribution in [0.1, 0.15) is 12.0 Å². The molecule has 2 aromatic rings. The molecule has 1 amide bonds. The Labute approximate surface area is 145 Å². The van der Waals surface area contributed by atoms with Crippen LogP contribution in [-0.2, 0) is 11.2 Å². The molecule has 0 saturated carbocycles. The van der Waals surface area contributed by atoms with Crippen molar-refractivity contribution in [2.75, 3.05) is 24.3 Å². The Hall–Kier alpha value is -1.65. The minimum absolute atomic E-state index is 0.135. The van der Waals surface area contributed by atoms with Gasteiger partial charge >= 0.3 is 0 Å². The van der Waals surface area contributed by atoms with Gasteiger partial charge in [0.1, 0.15) is 5.75 Å². The molecule has 0 bridgehead atoms. The molecule has 0 atom stereocenters. The smallest absolute Gasteiger partial charge is 0.237 e. The normalized spacial score (nSPS) is 13.6. The van der Waals surface area contributed by atoms with Gasteiger partial charge in [0.2, 0.25) is 5.91 Å². The average Bonchev–Trinajstić information content (AvgIpc) is 2.60. The number of amides is 1. The van der Waals surface area contributed by atoms with E-state index in [1.807, 2.05) is 47.4 Å². The maximum Gasteiger partial charge on any atom is 0.237 e. The Kier molecular flexibility index (Phi) is 5.13. The van der Waals surface area contributed by atoms with Gasteiger partial charge in [-0.1, -0.05) is 11.6 Å². The standard InChI is InChI=1S/C18H18ClNO2S/c1-22-15-6-9-17-13(11-15)3-2-10-20(17)18(21)12-23-16-7-4-14(19)5-8-16/h4-9,11H,2-3,10,12H2,1H3. The molecule has 1 aliphatic heterocycles. The number of methoxy groups -OCH3 is 1. The van der Waals surface area contributed by atoms with E-state index in [0.717, 1.165) is 35.7 Å². The summed E-state index contributed by atoms with van der Waals surface area (Å²) in [5, 5.41) is 0.708. The van der Waals surface area contributed by atoms with Crippen LogP contribution in [0.25, 0.3) is 0 Å². The van der Waals surface area contributed by atoms with Crippen molar-refractivity contribution in [3.63, 3.8) is 0 Å². The number of aryl methyl sites for hydroxylation is 1. The van der Waals surface area contributed by atoms with E-state index in [0.29, 0.717) is 10.8 Å². The lowest BCUT2D eigenvalue weighted by Crippen LogP contribution is -2.36. The minimum atomic E-state index is 0.135. The number of thioether (sulfide) groups is 1. The van der Waals surface area contributed by atoms with Crippen molar-refractivity contribution in [1.29, 1.82) is 0 Å². The van der Waals surface area contributed by atoms with E-state index in [-0.39, 0.29) is 5.91 Å². The number of hydrogen-bond donors (Lipinski definition) is 0. The van der Waals surface area contributed by atoms with E-state index in [1.165, 1.54) is 17.3 Å². The number of ether oxygens (including phenoxy) is 1. The Bertz CT molecular complexity index is 703. The van der Waals surface area contributed by atoms with Gasteiger partial charge < -0.3 is 9.64 Å². The van der Waals surface area contributed by atoms with Gasteiger partial charge in [0.05, 0.1) is 12.9 Å². The zero-order valence-electron chi connectivity index (χ0n) is 12.9. The summed E-state index contributed by atoms with van der Waals surface area (Å²) in [4.78, 5) is 15.5. The third-order valence-electron chi connectivity index (χ3n) is 3.88. The zero-order valence-corrected chi connectivity index (χ0v) is 14.5. The molecule has 0 N–H and O–H groups in total. The molecule has 0 radical (unpaired) electrons. The minimum Gasteiger partial charge on any atom is -0.497 e. The maximum absolute atomic E-state index is 12.6. The lowest BCUT2D eigenvalue weighted by atomic mass is 10.0. The first kappa shape index (κ1) is 16.2. The number of rotatable bonds is 4. The van der Waals surface area contributed by atoms with E-state index in [1.54, 1.807) is 7.11 Å². The van der Waals surface area contributed by atoms with Crippen molar-refractivity contribution in [2.45, 2.75) is 17.7 Å². The van der Waals surface area contributed by atoms with Crippen LogP contribution in [0.15, 0.2) is 47.4 Å². The number of anilines is 1. The second-order valence-electron chi connectivity index (χ2n) is 5.39. The molecule has 1 aliphatic rings. The van der Waals surface area contributed by atoms with E-state index < -0.39 is 0 Å². The Morgan fingerprint density at radius 3 is 2.78 bits per heavy atom. The fourth-order valence-corrected chi connectivity index (χ4v) is 3.61. The SMILES string of the molecule is COc1ccc2c(c1)CCCN2C(=O)CSc1ccc(Cl)cc1. The van der Waals surface area contributed by atoms with Gasteiger partial charge in [-0.2, -0.15) is 0 Å². The first-order chi connectivity index (χ1) is 11.2. The fraction of sp³-hybridized carbons (Fsp3) is 0.278. The van der Waals surface area contributed by atoms with Crippen LogP contribution in [0.2, 0.25) is 5.02 Å². The summed E-state index contributed by atoms with van der Waals surface area (Å²) in [6.45, 7) is 0.777. The molecule has 120 valence electrons. The maximum atomic E-state index is 12.6. The Morgan fingerprint density at radius 2 is 2.04 bits per heavy atom. The van der Waals surface area contributed by atoms with Gasteiger partial charge in [0.25, 0.3) is 0 Å². The largest absolute Gasteiger partial charge is 0.497 e. The molecule has 0 spiro atoms. The van der Waals surface area contributed by atoms with Gasteiger partial charge in [-0.3, -0.25) is 4.79 Å². The molecule has 0 unspecified atom stereocenters. The highest BCUT2D eigenvalue weighted by Crippen LogP contribution is 2.31. The number of carbonyl (C=O) groups excluding carboxylic acids is 1. The number of hydrogen-bond acceptors (Lipinski definition) is 3. The fourth-order valence-electron chi connectivity index (χ4n) is 2.71. The highest BCUT2D eigenvalue weighted by atomic mass is 35.5. The van der Waals surface area contributed by atoms with Gasteiger partial charge in [0.15, 0.2) is 0 Å². The van der Waals surface area contributed by atoms with Gasteiger partial charge in [0, 0.05) is 22.2 Å². The predicted octanol–water partition coefficient (Wildman–Crippen LogP) is 4.42. The van der Waals surface area contributed by atoms with Gasteiger partial charge in [-0.05, 0) is 60.9 Å². The molecule has 0 saturated heterocycles. The van der Waals surface area contributed by atoms with Crippen molar-refractivity contribution in [3.8, 4) is 5.75 Å². The summed E-state index contributed by atoms with van der Waals surface area (Å²) in [6.07, 6.45) is 1.97. The Morgan fingerprint density at radius 1 is 1.26 bits per heavy atom. The molecule has 3 nitrogen and oxygen atoms in total. The third kappa shape index (κ3) is 3.82. The van der Waals surface area contributed by atoms with Crippen molar-refractivity contribution >= 4 is 35.0 Å². The molecule has 0 fully saturated rings. The van der Waals surface area contributed by atoms with Crippen LogP contribution >= 0.6 is 23.4 Å². The quantitative estimate of drug-likeness (QED) is 0.767. The van der Waals surface area contributed by atoms with E-state index in [4.69, 9.17) is 16.3 Å². The second kappa shape index (κ2) is 7.28. The van der Waals surface area contributed by atoms with Crippen LogP contribution in [0, 0.1) is 0 Å². The number of carbonyl (C=O) groups is 1. The first-order valence-electron chi connectivity index (χ1n) is 7.53. The summed E-state index contributed by atoms with van der Waals surface area (Å²) in [5.41, 5.74) is 2.19. The van der Waals surface area contributed by atoms with Crippen molar-refractivity contribution in [1.82, 2.24) is 0 Å². The van der Waals surface area contributed by atoms with Crippen molar-refractivity contribution < 1.29 is 9.53 Å². The van der Waals surface area contributed by atoms with Crippen molar-refractivity contribution in [2.24, 2.45) is 0 Å². The lowest BCUT2D eigenvalue weighted by molar-refractivity contribution is -0.116. The van der Waals surface area contributed by atoms with Crippen LogP contribution in [0.3, 0.4) is 0 Å². The molecular formula is C18H18ClNO2S. The number of halogens is 1. The number of nitrogens with zero attached hydrogens (tertiary/aromatic N) is 1. The van der Waals surface area contributed by atoms with E-state index in [9.17, 15) is 4.79 Å². The van der Waals surface area contributed by atoms with E-state index in [2.05, 4.69) is 0 Å². The summed E-state index contributed by atoms with van der Waals surface area (Å²) >= 11 is 7.42. The van der Waals surface area contributed by atoms with E-state index >= 15 is 0 Å². The summed E-state index contributed by atoms with van der Waals surface area (Å²) in [5.74, 6) is 1.40. The van der Waals surface area contributed by atoms with Gasteiger partial charge in [-0.25, -0.2) is 0 Å². The lowest BCUT2D eigenvalue weighted by Gasteiger charge is -2.29. The molecule has 0 aliphatic carbocycles. The predicted molar refractivity (Wildman–Crippen MR) is 95.8 cm³/mol. The molecule has 5 heteroatoms. The van der Waals surface area contributed by atoms with Crippen LogP contribution < -0.4 is 9.64 Å². The molecule has 2 aromatic carbocycles. The summed E-state index contributed by atoms with van der Waals surface area (Å²) in [6, 6.07) is 13.5. The highest BCUT2D eigenvalue weighted by Gasteiger charge is 2.22. The average molecular weight is 348 g/mol. The van der Waals surface area contributed by atoms with Gasteiger partial charge in [-0.15, -0.1) is 11.8 Å². The van der Waals surface area contributed by atoms with Crippen molar-refractivity contribution in [3.05, 3.63) is 53.1 Å². The van der Waals surface area contributed by atoms with Crippen LogP contribution in [0.5, 0.6) is 5.75 Å². The van der Waals surface area contributed by atoms with Crippen LogP contribution in [-0.4, -0.2) is 25.3 Å². The molecule has 23 heavy (non-hydrogen) atoms. The molecule has 0 aromatic heterocycles. The molecule has 1 heterocycles. The molecule has 3 rings (SSSR count). The summed E-state index contributed by atoms with van der Waals surface area (Å²) < 4.78 is 5.27. The topological polar surface area (TPSA) is 29.5 Å².